The molecule has 1 N–H and O–H groups in total. The Morgan fingerprint density at radius 1 is 1.43 bits per heavy atom. The van der Waals surface area contributed by atoms with Gasteiger partial charge in [-0.25, -0.2) is 0 Å². The molecule has 1 rings (SSSR count). The molecule has 0 heterocycles. The quantitative estimate of drug-likeness (QED) is 0.391. The largest absolute Gasteiger partial charge is 0.411 e. The van der Waals surface area contributed by atoms with Gasteiger partial charge in [0.25, 0.3) is 0 Å². The summed E-state index contributed by atoms with van der Waals surface area (Å²) in [6, 6.07) is 6.93. The molecule has 0 amide bonds. The SMILES string of the molecule is CC/C(=N\O)C(=O)c1ccc(Br)cc1. The van der Waals surface area contributed by atoms with Gasteiger partial charge in [0, 0.05) is 10.0 Å². The molecular weight excluding hydrogens is 246 g/mol. The number of Topliss-reactive ketones (excluding diaryl/α,β-unsaturated/α-hetero) is 1. The van der Waals surface area contributed by atoms with E-state index in [9.17, 15) is 4.79 Å². The van der Waals surface area contributed by atoms with Crippen LogP contribution in [0.2, 0.25) is 0 Å². The molecule has 1 aromatic rings. The zero-order chi connectivity index (χ0) is 10.6. The summed E-state index contributed by atoms with van der Waals surface area (Å²) in [5.41, 5.74) is 0.704. The minimum atomic E-state index is -0.234. The fourth-order valence-corrected chi connectivity index (χ4v) is 1.31. The zero-order valence-electron chi connectivity index (χ0n) is 7.70. The number of hydrogen-bond donors (Lipinski definition) is 1. The highest BCUT2D eigenvalue weighted by atomic mass is 79.9. The van der Waals surface area contributed by atoms with Crippen LogP contribution in [0.25, 0.3) is 0 Å². The summed E-state index contributed by atoms with van der Waals surface area (Å²) in [6.45, 7) is 1.77. The molecule has 0 saturated carbocycles. The molecule has 0 spiro atoms. The lowest BCUT2D eigenvalue weighted by atomic mass is 10.1. The normalized spacial score (nSPS) is 11.4. The number of carbonyl (C=O) groups excluding carboxylic acids is 1. The molecular formula is C10H10BrNO2. The van der Waals surface area contributed by atoms with Crippen molar-refractivity contribution < 1.29 is 10.0 Å². The Kier molecular flexibility index (Phi) is 3.83. The van der Waals surface area contributed by atoms with Crippen molar-refractivity contribution in [2.45, 2.75) is 13.3 Å². The summed E-state index contributed by atoms with van der Waals surface area (Å²) in [4.78, 5) is 11.6. The van der Waals surface area contributed by atoms with Gasteiger partial charge in [-0.15, -0.1) is 0 Å². The molecule has 74 valence electrons. The second-order valence-electron chi connectivity index (χ2n) is 2.74. The zero-order valence-corrected chi connectivity index (χ0v) is 9.28. The van der Waals surface area contributed by atoms with E-state index >= 15 is 0 Å². The Morgan fingerprint density at radius 3 is 2.43 bits per heavy atom. The number of benzene rings is 1. The van der Waals surface area contributed by atoms with Crippen LogP contribution in [0.4, 0.5) is 0 Å². The summed E-state index contributed by atoms with van der Waals surface area (Å²) in [6.07, 6.45) is 0.422. The molecule has 0 aliphatic rings. The highest BCUT2D eigenvalue weighted by Crippen LogP contribution is 2.11. The number of ketones is 1. The molecule has 0 radical (unpaired) electrons. The van der Waals surface area contributed by atoms with Crippen LogP contribution in [-0.4, -0.2) is 16.7 Å². The van der Waals surface area contributed by atoms with Gasteiger partial charge < -0.3 is 5.21 Å². The standard InChI is InChI=1S/C10H10BrNO2/c1-2-9(12-14)10(13)7-3-5-8(11)6-4-7/h3-6,14H,2H2,1H3/b12-9+. The van der Waals surface area contributed by atoms with Crippen LogP contribution in [0.1, 0.15) is 23.7 Å². The van der Waals surface area contributed by atoms with Gasteiger partial charge in [-0.2, -0.15) is 0 Å². The van der Waals surface area contributed by atoms with E-state index in [0.29, 0.717) is 12.0 Å². The summed E-state index contributed by atoms with van der Waals surface area (Å²) >= 11 is 3.27. The highest BCUT2D eigenvalue weighted by Gasteiger charge is 2.12. The van der Waals surface area contributed by atoms with E-state index < -0.39 is 0 Å². The Morgan fingerprint density at radius 2 is 2.00 bits per heavy atom. The van der Waals surface area contributed by atoms with E-state index in [1.54, 1.807) is 31.2 Å². The maximum atomic E-state index is 11.6. The molecule has 0 bridgehead atoms. The lowest BCUT2D eigenvalue weighted by molar-refractivity contribution is 0.106. The average molecular weight is 256 g/mol. The van der Waals surface area contributed by atoms with Crippen LogP contribution in [-0.2, 0) is 0 Å². The van der Waals surface area contributed by atoms with E-state index in [1.165, 1.54) is 0 Å². The van der Waals surface area contributed by atoms with Gasteiger partial charge in [-0.1, -0.05) is 28.0 Å². The lowest BCUT2D eigenvalue weighted by Crippen LogP contribution is -2.13. The molecule has 0 unspecified atom stereocenters. The number of rotatable bonds is 3. The molecule has 1 aromatic carbocycles. The van der Waals surface area contributed by atoms with Crippen molar-refractivity contribution in [1.29, 1.82) is 0 Å². The van der Waals surface area contributed by atoms with E-state index in [0.717, 1.165) is 4.47 Å². The van der Waals surface area contributed by atoms with Crippen LogP contribution in [0.15, 0.2) is 33.9 Å². The topological polar surface area (TPSA) is 49.7 Å². The number of nitrogens with zero attached hydrogens (tertiary/aromatic N) is 1. The van der Waals surface area contributed by atoms with E-state index in [2.05, 4.69) is 21.1 Å². The third-order valence-corrected chi connectivity index (χ3v) is 2.35. The van der Waals surface area contributed by atoms with Crippen LogP contribution >= 0.6 is 15.9 Å². The summed E-state index contributed by atoms with van der Waals surface area (Å²) in [5, 5.41) is 11.5. The maximum Gasteiger partial charge on any atom is 0.210 e. The first kappa shape index (κ1) is 10.9. The Balaban J connectivity index is 2.95. The number of carbonyl (C=O) groups is 1. The van der Waals surface area contributed by atoms with Crippen LogP contribution in [0.5, 0.6) is 0 Å². The Labute approximate surface area is 90.6 Å². The fourth-order valence-electron chi connectivity index (χ4n) is 1.04. The molecule has 0 fully saturated rings. The molecule has 3 nitrogen and oxygen atoms in total. The third kappa shape index (κ3) is 2.42. The molecule has 14 heavy (non-hydrogen) atoms. The van der Waals surface area contributed by atoms with Gasteiger partial charge in [0.1, 0.15) is 5.71 Å². The number of oxime groups is 1. The van der Waals surface area contributed by atoms with E-state index in [-0.39, 0.29) is 11.5 Å². The van der Waals surface area contributed by atoms with Crippen molar-refractivity contribution >= 4 is 27.4 Å². The Hall–Kier alpha value is -1.16. The predicted octanol–water partition coefficient (Wildman–Crippen LogP) is 2.87. The van der Waals surface area contributed by atoms with Crippen molar-refractivity contribution in [3.63, 3.8) is 0 Å². The first-order valence-corrected chi connectivity index (χ1v) is 4.99. The van der Waals surface area contributed by atoms with Crippen LogP contribution < -0.4 is 0 Å². The lowest BCUT2D eigenvalue weighted by Gasteiger charge is -2.00. The third-order valence-electron chi connectivity index (χ3n) is 1.82. The van der Waals surface area contributed by atoms with Crippen LogP contribution in [0.3, 0.4) is 0 Å². The van der Waals surface area contributed by atoms with Gasteiger partial charge in [-0.3, -0.25) is 4.79 Å². The number of halogens is 1. The van der Waals surface area contributed by atoms with Crippen molar-refractivity contribution in [1.82, 2.24) is 0 Å². The minimum Gasteiger partial charge on any atom is -0.411 e. The smallest absolute Gasteiger partial charge is 0.210 e. The predicted molar refractivity (Wildman–Crippen MR) is 58.0 cm³/mol. The van der Waals surface area contributed by atoms with Gasteiger partial charge >= 0.3 is 0 Å². The second kappa shape index (κ2) is 4.91. The first-order valence-electron chi connectivity index (χ1n) is 4.20. The first-order chi connectivity index (χ1) is 6.69. The van der Waals surface area contributed by atoms with Crippen molar-refractivity contribution in [2.75, 3.05) is 0 Å². The number of hydrogen-bond acceptors (Lipinski definition) is 3. The maximum absolute atomic E-state index is 11.6. The monoisotopic (exact) mass is 255 g/mol. The van der Waals surface area contributed by atoms with Gasteiger partial charge in [0.2, 0.25) is 5.78 Å². The summed E-state index contributed by atoms with van der Waals surface area (Å²) in [5.74, 6) is -0.234. The second-order valence-corrected chi connectivity index (χ2v) is 3.65. The molecule has 0 saturated heterocycles. The van der Waals surface area contributed by atoms with Gasteiger partial charge in [0.05, 0.1) is 0 Å². The fraction of sp³-hybridized carbons (Fsp3) is 0.200. The summed E-state index contributed by atoms with van der Waals surface area (Å²) < 4.78 is 0.910. The van der Waals surface area contributed by atoms with Gasteiger partial charge in [-0.05, 0) is 30.7 Å². The van der Waals surface area contributed by atoms with Crippen LogP contribution in [0, 0.1) is 0 Å². The highest BCUT2D eigenvalue weighted by molar-refractivity contribution is 9.10. The molecule has 0 aliphatic carbocycles. The van der Waals surface area contributed by atoms with E-state index in [1.807, 2.05) is 0 Å². The molecule has 4 heteroatoms. The van der Waals surface area contributed by atoms with E-state index in [4.69, 9.17) is 5.21 Å². The average Bonchev–Trinajstić information content (AvgIpc) is 2.20. The van der Waals surface area contributed by atoms with Gasteiger partial charge in [0.15, 0.2) is 0 Å². The molecule has 0 aliphatic heterocycles. The Bertz CT molecular complexity index is 357. The summed E-state index contributed by atoms with van der Waals surface area (Å²) in [7, 11) is 0. The minimum absolute atomic E-state index is 0.173. The van der Waals surface area contributed by atoms with Crippen molar-refractivity contribution in [3.05, 3.63) is 34.3 Å². The molecule has 0 aromatic heterocycles. The van der Waals surface area contributed by atoms with Crippen molar-refractivity contribution in [2.24, 2.45) is 5.16 Å². The van der Waals surface area contributed by atoms with Crippen molar-refractivity contribution in [3.8, 4) is 0 Å². The molecule has 0 atom stereocenters.